The summed E-state index contributed by atoms with van der Waals surface area (Å²) in [6, 6.07) is 10.1. The summed E-state index contributed by atoms with van der Waals surface area (Å²) in [7, 11) is 4.55. The second-order valence-corrected chi connectivity index (χ2v) is 6.69. The molecule has 28 heavy (non-hydrogen) atoms. The average Bonchev–Trinajstić information content (AvgIpc) is 2.70. The number of hydrogen-bond acceptors (Lipinski definition) is 6. The maximum Gasteiger partial charge on any atom is 0.347 e. The summed E-state index contributed by atoms with van der Waals surface area (Å²) in [5, 5.41) is 0.648. The Bertz CT molecular complexity index is 1130. The molecule has 0 radical (unpaired) electrons. The molecule has 0 atom stereocenters. The van der Waals surface area contributed by atoms with Gasteiger partial charge in [0.1, 0.15) is 16.9 Å². The van der Waals surface area contributed by atoms with Crippen LogP contribution in [0.5, 0.6) is 17.2 Å². The summed E-state index contributed by atoms with van der Waals surface area (Å²) >= 11 is 3.36. The molecule has 0 spiro atoms. The molecule has 0 amide bonds. The first kappa shape index (κ1) is 19.7. The number of allylic oxidation sites excluding steroid dienone is 1. The maximum atomic E-state index is 12.6. The lowest BCUT2D eigenvalue weighted by atomic mass is 10.1. The van der Waals surface area contributed by atoms with Gasteiger partial charge < -0.3 is 18.6 Å². The van der Waals surface area contributed by atoms with Crippen LogP contribution in [0, 0.1) is 0 Å². The van der Waals surface area contributed by atoms with Gasteiger partial charge in [0.25, 0.3) is 0 Å². The van der Waals surface area contributed by atoms with Crippen molar-refractivity contribution in [2.24, 2.45) is 0 Å². The van der Waals surface area contributed by atoms with E-state index < -0.39 is 11.4 Å². The zero-order chi connectivity index (χ0) is 20.3. The number of carbonyl (C=O) groups excluding carboxylic acids is 1. The highest BCUT2D eigenvalue weighted by molar-refractivity contribution is 9.10. The van der Waals surface area contributed by atoms with Crippen molar-refractivity contribution >= 4 is 38.8 Å². The van der Waals surface area contributed by atoms with Crippen LogP contribution in [0.1, 0.15) is 15.9 Å². The Hall–Kier alpha value is -3.06. The fraction of sp³-hybridized carbons (Fsp3) is 0.143. The molecule has 0 N–H and O–H groups in total. The molecular weight excluding hydrogens is 428 g/mol. The fourth-order valence-electron chi connectivity index (χ4n) is 2.70. The van der Waals surface area contributed by atoms with Gasteiger partial charge in [0.15, 0.2) is 17.3 Å². The van der Waals surface area contributed by atoms with E-state index in [1.54, 1.807) is 36.4 Å². The molecule has 3 aromatic rings. The summed E-state index contributed by atoms with van der Waals surface area (Å²) < 4.78 is 21.9. The van der Waals surface area contributed by atoms with Gasteiger partial charge in [0.2, 0.25) is 0 Å². The Morgan fingerprint density at radius 1 is 0.964 bits per heavy atom. The van der Waals surface area contributed by atoms with E-state index in [0.717, 1.165) is 4.47 Å². The van der Waals surface area contributed by atoms with Crippen LogP contribution in [-0.2, 0) is 0 Å². The topological polar surface area (TPSA) is 75.0 Å². The lowest BCUT2D eigenvalue weighted by molar-refractivity contribution is 0.104. The lowest BCUT2D eigenvalue weighted by Crippen LogP contribution is -2.11. The number of fused-ring (bicyclic) bond motifs is 1. The summed E-state index contributed by atoms with van der Waals surface area (Å²) in [6.45, 7) is 0. The monoisotopic (exact) mass is 444 g/mol. The van der Waals surface area contributed by atoms with E-state index in [1.807, 2.05) is 0 Å². The molecule has 0 fully saturated rings. The minimum atomic E-state index is -0.691. The van der Waals surface area contributed by atoms with Crippen molar-refractivity contribution < 1.29 is 23.4 Å². The van der Waals surface area contributed by atoms with Gasteiger partial charge in [-0.15, -0.1) is 0 Å². The van der Waals surface area contributed by atoms with Crippen LogP contribution in [0.3, 0.4) is 0 Å². The van der Waals surface area contributed by atoms with Gasteiger partial charge in [-0.2, -0.15) is 0 Å². The van der Waals surface area contributed by atoms with Gasteiger partial charge in [0, 0.05) is 21.5 Å². The third-order valence-electron chi connectivity index (χ3n) is 4.11. The van der Waals surface area contributed by atoms with Crippen molar-refractivity contribution in [1.29, 1.82) is 0 Å². The molecular formula is C21H17BrO6. The molecule has 0 saturated heterocycles. The minimum absolute atomic E-state index is 0.0544. The molecule has 0 saturated carbocycles. The number of halogens is 1. The molecule has 144 valence electrons. The molecule has 6 nitrogen and oxygen atoms in total. The number of ketones is 1. The van der Waals surface area contributed by atoms with Crippen molar-refractivity contribution in [2.75, 3.05) is 21.3 Å². The number of rotatable bonds is 6. The highest BCUT2D eigenvalue weighted by Crippen LogP contribution is 2.35. The standard InChI is InChI=1S/C21H17BrO6/c1-25-18-11-20(27-3)19(26-2)10-12(18)4-6-16(23)15-9-13-8-14(22)5-7-17(13)28-21(15)24/h4-11H,1-3H3/b6-4+. The van der Waals surface area contributed by atoms with Crippen molar-refractivity contribution in [2.45, 2.75) is 0 Å². The van der Waals surface area contributed by atoms with Crippen LogP contribution in [-0.4, -0.2) is 27.1 Å². The Morgan fingerprint density at radius 2 is 1.64 bits per heavy atom. The van der Waals surface area contributed by atoms with E-state index in [1.165, 1.54) is 33.5 Å². The van der Waals surface area contributed by atoms with E-state index in [-0.39, 0.29) is 5.56 Å². The van der Waals surface area contributed by atoms with Crippen molar-refractivity contribution in [3.63, 3.8) is 0 Å². The molecule has 0 bridgehead atoms. The molecule has 0 aliphatic carbocycles. The average molecular weight is 445 g/mol. The molecule has 0 aliphatic heterocycles. The van der Waals surface area contributed by atoms with Crippen LogP contribution in [0.2, 0.25) is 0 Å². The van der Waals surface area contributed by atoms with E-state index in [9.17, 15) is 9.59 Å². The normalized spacial score (nSPS) is 11.0. The second-order valence-electron chi connectivity index (χ2n) is 5.78. The number of ether oxygens (including phenoxy) is 3. The third kappa shape index (κ3) is 3.94. The molecule has 2 aromatic carbocycles. The highest BCUT2D eigenvalue weighted by Gasteiger charge is 2.13. The fourth-order valence-corrected chi connectivity index (χ4v) is 3.08. The zero-order valence-electron chi connectivity index (χ0n) is 15.4. The van der Waals surface area contributed by atoms with E-state index >= 15 is 0 Å². The summed E-state index contributed by atoms with van der Waals surface area (Å²) in [5.41, 5.74) is 0.266. The molecule has 0 aliphatic rings. The highest BCUT2D eigenvalue weighted by atomic mass is 79.9. The lowest BCUT2D eigenvalue weighted by Gasteiger charge is -2.12. The van der Waals surface area contributed by atoms with Gasteiger partial charge in [-0.25, -0.2) is 4.79 Å². The van der Waals surface area contributed by atoms with Gasteiger partial charge in [-0.3, -0.25) is 4.79 Å². The molecule has 3 rings (SSSR count). The van der Waals surface area contributed by atoms with Gasteiger partial charge in [-0.1, -0.05) is 15.9 Å². The second kappa shape index (κ2) is 8.31. The number of methoxy groups -OCH3 is 3. The number of hydrogen-bond donors (Lipinski definition) is 0. The molecule has 1 aromatic heterocycles. The Morgan fingerprint density at radius 3 is 2.32 bits per heavy atom. The largest absolute Gasteiger partial charge is 0.496 e. The first-order chi connectivity index (χ1) is 13.5. The van der Waals surface area contributed by atoms with Gasteiger partial charge >= 0.3 is 5.63 Å². The van der Waals surface area contributed by atoms with Gasteiger partial charge in [-0.05, 0) is 42.5 Å². The Balaban J connectivity index is 1.99. The first-order valence-electron chi connectivity index (χ1n) is 8.22. The van der Waals surface area contributed by atoms with Crippen molar-refractivity contribution in [1.82, 2.24) is 0 Å². The van der Waals surface area contributed by atoms with Crippen LogP contribution in [0.15, 0.2) is 56.2 Å². The van der Waals surface area contributed by atoms with Crippen LogP contribution >= 0.6 is 15.9 Å². The number of carbonyl (C=O) groups is 1. The maximum absolute atomic E-state index is 12.6. The summed E-state index contributed by atoms with van der Waals surface area (Å²) in [4.78, 5) is 24.8. The SMILES string of the molecule is COc1cc(OC)c(OC)cc1/C=C/C(=O)c1cc2cc(Br)ccc2oc1=O. The van der Waals surface area contributed by atoms with Crippen molar-refractivity contribution in [3.8, 4) is 17.2 Å². The predicted octanol–water partition coefficient (Wildman–Crippen LogP) is 4.48. The van der Waals surface area contributed by atoms with Crippen LogP contribution in [0.25, 0.3) is 17.0 Å². The third-order valence-corrected chi connectivity index (χ3v) is 4.60. The minimum Gasteiger partial charge on any atom is -0.496 e. The number of benzene rings is 2. The smallest absolute Gasteiger partial charge is 0.347 e. The summed E-state index contributed by atoms with van der Waals surface area (Å²) in [6.07, 6.45) is 2.84. The van der Waals surface area contributed by atoms with E-state index in [4.69, 9.17) is 18.6 Å². The summed E-state index contributed by atoms with van der Waals surface area (Å²) in [5.74, 6) is 1.01. The quantitative estimate of drug-likeness (QED) is 0.317. The molecule has 7 heteroatoms. The Kier molecular flexibility index (Phi) is 5.84. The van der Waals surface area contributed by atoms with Crippen LogP contribution < -0.4 is 19.8 Å². The van der Waals surface area contributed by atoms with Crippen LogP contribution in [0.4, 0.5) is 0 Å². The first-order valence-corrected chi connectivity index (χ1v) is 9.02. The predicted molar refractivity (Wildman–Crippen MR) is 110 cm³/mol. The molecule has 0 unspecified atom stereocenters. The zero-order valence-corrected chi connectivity index (χ0v) is 17.0. The van der Waals surface area contributed by atoms with E-state index in [0.29, 0.717) is 33.8 Å². The molecule has 1 heterocycles. The Labute approximate surface area is 169 Å². The van der Waals surface area contributed by atoms with E-state index in [2.05, 4.69) is 15.9 Å². The van der Waals surface area contributed by atoms with Gasteiger partial charge in [0.05, 0.1) is 21.3 Å². The van der Waals surface area contributed by atoms with Crippen molar-refractivity contribution in [3.05, 3.63) is 68.5 Å².